The average Bonchev–Trinajstić information content (AvgIpc) is 2.94. The maximum absolute atomic E-state index is 6.27. The van der Waals surface area contributed by atoms with Crippen LogP contribution in [0.5, 0.6) is 0 Å². The number of aryl methyl sites for hydroxylation is 1. The first-order valence-electron chi connectivity index (χ1n) is 8.52. The standard InChI is InChI=1S/C17H28N2OS/c1-3-20-17(9-7-12(2)8-10-17)16-19-15-13(11-18)5-4-6-14(15)21-16/h12-13H,3-11,18H2,1-2H3. The molecule has 1 atom stereocenters. The summed E-state index contributed by atoms with van der Waals surface area (Å²) in [5.41, 5.74) is 7.13. The van der Waals surface area contributed by atoms with Crippen LogP contribution < -0.4 is 5.73 Å². The molecule has 3 nitrogen and oxygen atoms in total. The zero-order valence-corrected chi connectivity index (χ0v) is 14.2. The summed E-state index contributed by atoms with van der Waals surface area (Å²) in [6.07, 6.45) is 8.40. The molecule has 1 heterocycles. The summed E-state index contributed by atoms with van der Waals surface area (Å²) in [5.74, 6) is 1.30. The van der Waals surface area contributed by atoms with Crippen molar-refractivity contribution in [2.75, 3.05) is 13.2 Å². The van der Waals surface area contributed by atoms with Gasteiger partial charge in [-0.05, 0) is 57.8 Å². The van der Waals surface area contributed by atoms with Gasteiger partial charge in [-0.15, -0.1) is 11.3 Å². The van der Waals surface area contributed by atoms with Crippen molar-refractivity contribution >= 4 is 11.3 Å². The maximum atomic E-state index is 6.27. The second-order valence-electron chi connectivity index (χ2n) is 6.76. The van der Waals surface area contributed by atoms with Gasteiger partial charge in [-0.3, -0.25) is 0 Å². The van der Waals surface area contributed by atoms with E-state index in [1.54, 1.807) is 0 Å². The van der Waals surface area contributed by atoms with Crippen LogP contribution in [0.3, 0.4) is 0 Å². The van der Waals surface area contributed by atoms with Crippen LogP contribution in [-0.4, -0.2) is 18.1 Å². The van der Waals surface area contributed by atoms with Crippen molar-refractivity contribution in [3.05, 3.63) is 15.6 Å². The highest BCUT2D eigenvalue weighted by Crippen LogP contribution is 2.46. The molecule has 0 amide bonds. The predicted molar refractivity (Wildman–Crippen MR) is 87.8 cm³/mol. The van der Waals surface area contributed by atoms with Gasteiger partial charge in [0.25, 0.3) is 0 Å². The minimum absolute atomic E-state index is 0.109. The minimum Gasteiger partial charge on any atom is -0.368 e. The van der Waals surface area contributed by atoms with Gasteiger partial charge in [0.15, 0.2) is 0 Å². The van der Waals surface area contributed by atoms with Crippen LogP contribution in [0.2, 0.25) is 0 Å². The zero-order chi connectivity index (χ0) is 14.9. The molecule has 2 aliphatic rings. The number of nitrogens with two attached hydrogens (primary N) is 1. The van der Waals surface area contributed by atoms with Crippen LogP contribution in [0.25, 0.3) is 0 Å². The number of hydrogen-bond donors (Lipinski definition) is 1. The third kappa shape index (κ3) is 2.90. The van der Waals surface area contributed by atoms with Gasteiger partial charge in [0, 0.05) is 23.9 Å². The summed E-state index contributed by atoms with van der Waals surface area (Å²) in [4.78, 5) is 6.53. The van der Waals surface area contributed by atoms with Crippen molar-refractivity contribution in [2.24, 2.45) is 11.7 Å². The third-order valence-electron chi connectivity index (χ3n) is 5.25. The SMILES string of the molecule is CCOC1(c2nc3c(s2)CCCC3CN)CCC(C)CC1. The summed E-state index contributed by atoms with van der Waals surface area (Å²) >= 11 is 1.91. The number of hydrogen-bond acceptors (Lipinski definition) is 4. The van der Waals surface area contributed by atoms with E-state index in [1.807, 2.05) is 11.3 Å². The molecule has 21 heavy (non-hydrogen) atoms. The molecule has 0 aliphatic heterocycles. The van der Waals surface area contributed by atoms with Gasteiger partial charge >= 0.3 is 0 Å². The molecule has 0 bridgehead atoms. The van der Waals surface area contributed by atoms with Crippen LogP contribution in [0.1, 0.15) is 73.9 Å². The Morgan fingerprint density at radius 2 is 2.10 bits per heavy atom. The number of aromatic nitrogens is 1. The molecule has 1 unspecified atom stereocenters. The topological polar surface area (TPSA) is 48.1 Å². The maximum Gasteiger partial charge on any atom is 0.125 e. The fraction of sp³-hybridized carbons (Fsp3) is 0.824. The Morgan fingerprint density at radius 3 is 2.76 bits per heavy atom. The minimum atomic E-state index is -0.109. The van der Waals surface area contributed by atoms with Crippen molar-refractivity contribution in [2.45, 2.75) is 70.3 Å². The first-order valence-corrected chi connectivity index (χ1v) is 9.34. The van der Waals surface area contributed by atoms with Crippen LogP contribution in [0.4, 0.5) is 0 Å². The van der Waals surface area contributed by atoms with Crippen LogP contribution in [-0.2, 0) is 16.8 Å². The molecule has 118 valence electrons. The van der Waals surface area contributed by atoms with Crippen LogP contribution >= 0.6 is 11.3 Å². The van der Waals surface area contributed by atoms with Crippen molar-refractivity contribution in [1.29, 1.82) is 0 Å². The van der Waals surface area contributed by atoms with Gasteiger partial charge in [-0.2, -0.15) is 0 Å². The second-order valence-corrected chi connectivity index (χ2v) is 7.85. The normalized spacial score (nSPS) is 32.9. The zero-order valence-electron chi connectivity index (χ0n) is 13.4. The molecule has 2 aliphatic carbocycles. The molecule has 1 aromatic rings. The Bertz CT molecular complexity index is 477. The van der Waals surface area contributed by atoms with Crippen molar-refractivity contribution in [3.8, 4) is 0 Å². The van der Waals surface area contributed by atoms with E-state index in [0.29, 0.717) is 5.92 Å². The summed E-state index contributed by atoms with van der Waals surface area (Å²) in [7, 11) is 0. The number of rotatable bonds is 4. The summed E-state index contributed by atoms with van der Waals surface area (Å²) < 4.78 is 6.27. The molecule has 0 aromatic carbocycles. The van der Waals surface area contributed by atoms with E-state index in [0.717, 1.165) is 31.9 Å². The van der Waals surface area contributed by atoms with Crippen LogP contribution in [0.15, 0.2) is 0 Å². The molecular formula is C17H28N2OS. The molecule has 0 radical (unpaired) electrons. The van der Waals surface area contributed by atoms with E-state index < -0.39 is 0 Å². The fourth-order valence-corrected chi connectivity index (χ4v) is 5.25. The summed E-state index contributed by atoms with van der Waals surface area (Å²) in [6, 6.07) is 0. The highest BCUT2D eigenvalue weighted by Gasteiger charge is 2.40. The second kappa shape index (κ2) is 6.35. The highest BCUT2D eigenvalue weighted by atomic mass is 32.1. The Hall–Kier alpha value is -0.450. The van der Waals surface area contributed by atoms with E-state index in [9.17, 15) is 0 Å². The van der Waals surface area contributed by atoms with E-state index in [1.165, 1.54) is 47.7 Å². The molecule has 0 saturated heterocycles. The van der Waals surface area contributed by atoms with Gasteiger partial charge in [0.05, 0.1) is 5.69 Å². The van der Waals surface area contributed by atoms with Gasteiger partial charge in [0.1, 0.15) is 10.6 Å². The van der Waals surface area contributed by atoms with E-state index in [2.05, 4.69) is 13.8 Å². The van der Waals surface area contributed by atoms with Gasteiger partial charge in [0.2, 0.25) is 0 Å². The van der Waals surface area contributed by atoms with E-state index >= 15 is 0 Å². The summed E-state index contributed by atoms with van der Waals surface area (Å²) in [6.45, 7) is 5.97. The van der Waals surface area contributed by atoms with Crippen molar-refractivity contribution < 1.29 is 4.74 Å². The fourth-order valence-electron chi connectivity index (χ4n) is 3.86. The third-order valence-corrected chi connectivity index (χ3v) is 6.56. The lowest BCUT2D eigenvalue weighted by molar-refractivity contribution is -0.0777. The molecule has 2 N–H and O–H groups in total. The lowest BCUT2D eigenvalue weighted by Crippen LogP contribution is -2.34. The number of ether oxygens (including phenoxy) is 1. The number of thiazole rings is 1. The Morgan fingerprint density at radius 1 is 1.33 bits per heavy atom. The van der Waals surface area contributed by atoms with Crippen molar-refractivity contribution in [3.63, 3.8) is 0 Å². The molecule has 4 heteroatoms. The molecule has 1 fully saturated rings. The quantitative estimate of drug-likeness (QED) is 0.915. The molecular weight excluding hydrogens is 280 g/mol. The number of fused-ring (bicyclic) bond motifs is 1. The highest BCUT2D eigenvalue weighted by molar-refractivity contribution is 7.11. The average molecular weight is 308 g/mol. The van der Waals surface area contributed by atoms with Gasteiger partial charge in [-0.1, -0.05) is 6.92 Å². The first-order chi connectivity index (χ1) is 10.2. The van der Waals surface area contributed by atoms with E-state index in [4.69, 9.17) is 15.5 Å². The number of nitrogens with zero attached hydrogens (tertiary/aromatic N) is 1. The molecule has 1 aromatic heterocycles. The van der Waals surface area contributed by atoms with E-state index in [-0.39, 0.29) is 5.60 Å². The smallest absolute Gasteiger partial charge is 0.125 e. The summed E-state index contributed by atoms with van der Waals surface area (Å²) in [5, 5.41) is 1.24. The Kier molecular flexibility index (Phi) is 4.67. The molecule has 0 spiro atoms. The Balaban J connectivity index is 1.92. The molecule has 1 saturated carbocycles. The van der Waals surface area contributed by atoms with Crippen molar-refractivity contribution in [1.82, 2.24) is 4.98 Å². The lowest BCUT2D eigenvalue weighted by Gasteiger charge is -2.37. The van der Waals surface area contributed by atoms with Crippen LogP contribution in [0, 0.1) is 5.92 Å². The van der Waals surface area contributed by atoms with Gasteiger partial charge in [-0.25, -0.2) is 4.98 Å². The monoisotopic (exact) mass is 308 g/mol. The van der Waals surface area contributed by atoms with Gasteiger partial charge < -0.3 is 10.5 Å². The molecule has 3 rings (SSSR count). The predicted octanol–water partition coefficient (Wildman–Crippen LogP) is 3.96. The largest absolute Gasteiger partial charge is 0.368 e. The Labute approximate surface area is 132 Å². The first kappa shape index (κ1) is 15.4. The lowest BCUT2D eigenvalue weighted by atomic mass is 9.79.